The number of hydrogen-bond donors (Lipinski definition) is 2. The molecule has 88 valence electrons. The molecule has 5 nitrogen and oxygen atoms in total. The highest BCUT2D eigenvalue weighted by molar-refractivity contribution is 9.10. The molecule has 4 N–H and O–H groups in total. The molecule has 0 aliphatic heterocycles. The Labute approximate surface area is 105 Å². The first-order valence-electron chi connectivity index (χ1n) is 4.57. The average molecular weight is 299 g/mol. The van der Waals surface area contributed by atoms with Crippen LogP contribution in [0.3, 0.4) is 0 Å². The Hall–Kier alpha value is -1.89. The molecule has 0 saturated heterocycles. The lowest BCUT2D eigenvalue weighted by atomic mass is 10.3. The second-order valence-corrected chi connectivity index (χ2v) is 4.08. The summed E-state index contributed by atoms with van der Waals surface area (Å²) in [4.78, 5) is 7.45. The van der Waals surface area contributed by atoms with E-state index in [1.807, 2.05) is 0 Å². The predicted octanol–water partition coefficient (Wildman–Crippen LogP) is 2.33. The van der Waals surface area contributed by atoms with Crippen LogP contribution in [0.5, 0.6) is 11.6 Å². The molecule has 7 heteroatoms. The maximum Gasteiger partial charge on any atom is 0.226 e. The van der Waals surface area contributed by atoms with Gasteiger partial charge in [0.1, 0.15) is 5.82 Å². The number of hydrogen-bond acceptors (Lipinski definition) is 5. The fourth-order valence-corrected chi connectivity index (χ4v) is 1.52. The molecule has 2 aromatic rings. The number of nitrogens with two attached hydrogens (primary N) is 2. The van der Waals surface area contributed by atoms with E-state index in [4.69, 9.17) is 16.2 Å². The molecule has 1 aromatic heterocycles. The maximum absolute atomic E-state index is 13.5. The van der Waals surface area contributed by atoms with Crippen LogP contribution >= 0.6 is 15.9 Å². The molecule has 1 aromatic carbocycles. The Morgan fingerprint density at radius 3 is 2.59 bits per heavy atom. The van der Waals surface area contributed by atoms with Crippen molar-refractivity contribution in [3.63, 3.8) is 0 Å². The molecule has 0 unspecified atom stereocenters. The van der Waals surface area contributed by atoms with E-state index >= 15 is 0 Å². The monoisotopic (exact) mass is 298 g/mol. The van der Waals surface area contributed by atoms with Gasteiger partial charge in [0.15, 0.2) is 11.6 Å². The molecule has 0 radical (unpaired) electrons. The lowest BCUT2D eigenvalue weighted by Gasteiger charge is -2.06. The molecule has 0 atom stereocenters. The van der Waals surface area contributed by atoms with Gasteiger partial charge >= 0.3 is 0 Å². The van der Waals surface area contributed by atoms with Crippen molar-refractivity contribution in [3.8, 4) is 11.6 Å². The van der Waals surface area contributed by atoms with Crippen LogP contribution in [0.2, 0.25) is 0 Å². The Kier molecular flexibility index (Phi) is 3.10. The molecular formula is C10H8BrFN4O. The Balaban J connectivity index is 2.31. The molecular weight excluding hydrogens is 291 g/mol. The highest BCUT2D eigenvalue weighted by atomic mass is 79.9. The minimum Gasteiger partial charge on any atom is -0.436 e. The summed E-state index contributed by atoms with van der Waals surface area (Å²) in [5.74, 6) is -0.264. The zero-order valence-corrected chi connectivity index (χ0v) is 10.1. The zero-order valence-electron chi connectivity index (χ0n) is 8.52. The van der Waals surface area contributed by atoms with Crippen molar-refractivity contribution in [2.24, 2.45) is 0 Å². The Bertz CT molecular complexity index is 544. The minimum absolute atomic E-state index is 0.0301. The minimum atomic E-state index is -0.518. The first-order valence-corrected chi connectivity index (χ1v) is 5.37. The second-order valence-electron chi connectivity index (χ2n) is 3.17. The summed E-state index contributed by atoms with van der Waals surface area (Å²) in [5, 5.41) is 0. The van der Waals surface area contributed by atoms with Gasteiger partial charge in [-0.25, -0.2) is 4.39 Å². The van der Waals surface area contributed by atoms with Crippen LogP contribution in [-0.4, -0.2) is 9.97 Å². The van der Waals surface area contributed by atoms with Crippen molar-refractivity contribution in [1.29, 1.82) is 0 Å². The van der Waals surface area contributed by atoms with Crippen LogP contribution in [0, 0.1) is 5.82 Å². The van der Waals surface area contributed by atoms with E-state index in [0.717, 1.165) is 0 Å². The van der Waals surface area contributed by atoms with Crippen LogP contribution in [0.25, 0.3) is 0 Å². The van der Waals surface area contributed by atoms with E-state index in [-0.39, 0.29) is 23.4 Å². The Morgan fingerprint density at radius 2 is 1.94 bits per heavy atom. The number of anilines is 2. The highest BCUT2D eigenvalue weighted by Gasteiger charge is 2.07. The second kappa shape index (κ2) is 4.54. The third-order valence-corrected chi connectivity index (χ3v) is 2.34. The number of nitrogen functional groups attached to an aromatic ring is 2. The van der Waals surface area contributed by atoms with Crippen LogP contribution < -0.4 is 16.2 Å². The van der Waals surface area contributed by atoms with E-state index < -0.39 is 5.82 Å². The summed E-state index contributed by atoms with van der Waals surface area (Å²) in [7, 11) is 0. The summed E-state index contributed by atoms with van der Waals surface area (Å²) in [6.45, 7) is 0. The van der Waals surface area contributed by atoms with Gasteiger partial charge in [-0.1, -0.05) is 15.9 Å². The molecule has 1 heterocycles. The summed E-state index contributed by atoms with van der Waals surface area (Å²) < 4.78 is 19.3. The van der Waals surface area contributed by atoms with E-state index in [1.165, 1.54) is 18.2 Å². The Morgan fingerprint density at radius 1 is 1.18 bits per heavy atom. The number of aromatic nitrogens is 2. The number of benzene rings is 1. The highest BCUT2D eigenvalue weighted by Crippen LogP contribution is 2.26. The van der Waals surface area contributed by atoms with Crippen molar-refractivity contribution in [1.82, 2.24) is 9.97 Å². The number of halogens is 2. The molecule has 17 heavy (non-hydrogen) atoms. The molecule has 0 spiro atoms. The summed E-state index contributed by atoms with van der Waals surface area (Å²) in [6, 6.07) is 5.75. The zero-order chi connectivity index (χ0) is 12.4. The summed E-state index contributed by atoms with van der Waals surface area (Å²) in [6.07, 6.45) is 0. The number of nitrogens with zero attached hydrogens (tertiary/aromatic N) is 2. The van der Waals surface area contributed by atoms with Crippen molar-refractivity contribution in [3.05, 3.63) is 34.6 Å². The van der Waals surface area contributed by atoms with Gasteiger partial charge in [-0.05, 0) is 18.2 Å². The van der Waals surface area contributed by atoms with Gasteiger partial charge in [0, 0.05) is 10.5 Å². The predicted molar refractivity (Wildman–Crippen MR) is 65.0 cm³/mol. The van der Waals surface area contributed by atoms with Crippen molar-refractivity contribution in [2.75, 3.05) is 11.5 Å². The van der Waals surface area contributed by atoms with Crippen molar-refractivity contribution < 1.29 is 9.13 Å². The van der Waals surface area contributed by atoms with E-state index in [0.29, 0.717) is 4.47 Å². The quantitative estimate of drug-likeness (QED) is 0.888. The number of ether oxygens (including phenoxy) is 1. The third kappa shape index (κ3) is 2.82. The van der Waals surface area contributed by atoms with Crippen molar-refractivity contribution in [2.45, 2.75) is 0 Å². The topological polar surface area (TPSA) is 87.0 Å². The molecule has 0 aliphatic carbocycles. The van der Waals surface area contributed by atoms with Gasteiger partial charge < -0.3 is 16.2 Å². The molecule has 0 fully saturated rings. The summed E-state index contributed by atoms with van der Waals surface area (Å²) in [5.41, 5.74) is 10.9. The van der Waals surface area contributed by atoms with Gasteiger partial charge in [0.05, 0.1) is 0 Å². The van der Waals surface area contributed by atoms with Gasteiger partial charge in [0.25, 0.3) is 0 Å². The lowest BCUT2D eigenvalue weighted by Crippen LogP contribution is -2.01. The molecule has 0 bridgehead atoms. The normalized spacial score (nSPS) is 10.2. The molecule has 0 amide bonds. The van der Waals surface area contributed by atoms with Gasteiger partial charge in [0.2, 0.25) is 11.8 Å². The third-order valence-electron chi connectivity index (χ3n) is 1.85. The molecule has 0 aliphatic rings. The largest absolute Gasteiger partial charge is 0.436 e. The first-order chi connectivity index (χ1) is 8.04. The first kappa shape index (κ1) is 11.6. The number of rotatable bonds is 2. The maximum atomic E-state index is 13.5. The summed E-state index contributed by atoms with van der Waals surface area (Å²) >= 11 is 3.14. The van der Waals surface area contributed by atoms with E-state index in [2.05, 4.69) is 25.9 Å². The SMILES string of the molecule is Nc1cc(Oc2ccc(Br)cc2F)nc(N)n1. The van der Waals surface area contributed by atoms with Crippen LogP contribution in [-0.2, 0) is 0 Å². The van der Waals surface area contributed by atoms with E-state index in [9.17, 15) is 4.39 Å². The van der Waals surface area contributed by atoms with Crippen LogP contribution in [0.1, 0.15) is 0 Å². The average Bonchev–Trinajstić information content (AvgIpc) is 2.21. The van der Waals surface area contributed by atoms with E-state index in [1.54, 1.807) is 6.07 Å². The van der Waals surface area contributed by atoms with Gasteiger partial charge in [-0.2, -0.15) is 9.97 Å². The standard InChI is InChI=1S/C10H8BrFN4O/c11-5-1-2-7(6(12)3-5)17-9-4-8(13)15-10(14)16-9/h1-4H,(H4,13,14,15,16). The lowest BCUT2D eigenvalue weighted by molar-refractivity contribution is 0.427. The van der Waals surface area contributed by atoms with Gasteiger partial charge in [-0.15, -0.1) is 0 Å². The fourth-order valence-electron chi connectivity index (χ4n) is 1.18. The molecule has 2 rings (SSSR count). The van der Waals surface area contributed by atoms with Gasteiger partial charge in [-0.3, -0.25) is 0 Å². The van der Waals surface area contributed by atoms with Crippen LogP contribution in [0.15, 0.2) is 28.7 Å². The molecule has 0 saturated carbocycles. The van der Waals surface area contributed by atoms with Crippen LogP contribution in [0.4, 0.5) is 16.2 Å². The smallest absolute Gasteiger partial charge is 0.226 e. The van der Waals surface area contributed by atoms with Crippen molar-refractivity contribution >= 4 is 27.7 Å². The fraction of sp³-hybridized carbons (Fsp3) is 0.